The van der Waals surface area contributed by atoms with Crippen molar-refractivity contribution >= 4 is 35.8 Å². The molecule has 4 aromatic rings. The van der Waals surface area contributed by atoms with Crippen LogP contribution >= 0.6 is 0 Å². The highest BCUT2D eigenvalue weighted by atomic mass is 19.1. The van der Waals surface area contributed by atoms with Gasteiger partial charge in [0.05, 0.1) is 5.69 Å². The van der Waals surface area contributed by atoms with Gasteiger partial charge in [-0.05, 0) is 106 Å². The van der Waals surface area contributed by atoms with Crippen LogP contribution in [0.15, 0.2) is 61.2 Å². The second kappa shape index (κ2) is 26.9. The first-order valence-electron chi connectivity index (χ1n) is 18.5. The minimum absolute atomic E-state index is 0.0731. The number of carbonyl (C=O) groups is 1. The molecule has 6 nitrogen and oxygen atoms in total. The highest BCUT2D eigenvalue weighted by Crippen LogP contribution is 2.34. The topological polar surface area (TPSA) is 70.1 Å². The van der Waals surface area contributed by atoms with Crippen LogP contribution in [0.1, 0.15) is 103 Å². The zero-order valence-corrected chi connectivity index (χ0v) is 33.4. The molecule has 0 aliphatic heterocycles. The Balaban J connectivity index is 0.00000155. The number of anilines is 2. The summed E-state index contributed by atoms with van der Waals surface area (Å²) in [6.07, 6.45) is 5.63. The molecule has 1 aromatic heterocycles. The fourth-order valence-electron chi connectivity index (χ4n) is 4.75. The summed E-state index contributed by atoms with van der Waals surface area (Å²) in [7, 11) is 0. The van der Waals surface area contributed by atoms with E-state index in [1.165, 1.54) is 81.0 Å². The number of benzene rings is 3. The van der Waals surface area contributed by atoms with E-state index in [0.717, 1.165) is 12.1 Å². The number of hydrogen-bond acceptors (Lipinski definition) is 5. The molecule has 0 aliphatic carbocycles. The van der Waals surface area contributed by atoms with E-state index in [-0.39, 0.29) is 34.0 Å². The normalized spacial score (nSPS) is 10.0. The number of carbonyl (C=O) groups excluding carboxylic acids is 1. The van der Waals surface area contributed by atoms with Crippen molar-refractivity contribution in [3.63, 3.8) is 0 Å². The number of halogens is 4. The summed E-state index contributed by atoms with van der Waals surface area (Å²) in [5, 5.41) is 5.49. The zero-order chi connectivity index (χ0) is 40.5. The van der Waals surface area contributed by atoms with Gasteiger partial charge in [-0.3, -0.25) is 4.79 Å². The molecule has 0 fully saturated rings. The van der Waals surface area contributed by atoms with Gasteiger partial charge < -0.3 is 15.5 Å². The number of amides is 1. The monoisotopic (exact) mass is 737 g/mol. The summed E-state index contributed by atoms with van der Waals surface area (Å²) in [6, 6.07) is 12.0. The van der Waals surface area contributed by atoms with Crippen LogP contribution in [-0.4, -0.2) is 40.9 Å². The van der Waals surface area contributed by atoms with Gasteiger partial charge in [0, 0.05) is 33.6 Å². The number of hydrogen-bond donors (Lipinski definition) is 2. The van der Waals surface area contributed by atoms with Crippen molar-refractivity contribution in [2.75, 3.05) is 30.3 Å². The van der Waals surface area contributed by atoms with Gasteiger partial charge in [-0.15, -0.1) is 0 Å². The van der Waals surface area contributed by atoms with E-state index in [4.69, 9.17) is 0 Å². The van der Waals surface area contributed by atoms with Crippen molar-refractivity contribution < 1.29 is 22.4 Å². The Morgan fingerprint density at radius 3 is 1.89 bits per heavy atom. The van der Waals surface area contributed by atoms with Crippen molar-refractivity contribution in [3.8, 4) is 11.3 Å². The van der Waals surface area contributed by atoms with Gasteiger partial charge in [0.25, 0.3) is 0 Å². The molecule has 0 atom stereocenters. The summed E-state index contributed by atoms with van der Waals surface area (Å²) in [4.78, 5) is 22.5. The molecule has 0 saturated carbocycles. The predicted molar refractivity (Wildman–Crippen MR) is 218 cm³/mol. The minimum Gasteiger partial charge on any atom is -0.356 e. The zero-order valence-electron chi connectivity index (χ0n) is 33.4. The molecule has 10 heteroatoms. The summed E-state index contributed by atoms with van der Waals surface area (Å²) in [5.41, 5.74) is 1.97. The summed E-state index contributed by atoms with van der Waals surface area (Å²) >= 11 is 0. The second-order valence-electron chi connectivity index (χ2n) is 10.7. The number of rotatable bonds is 13. The fourth-order valence-corrected chi connectivity index (χ4v) is 4.75. The maximum Gasteiger partial charge on any atom is 0.212 e. The lowest BCUT2D eigenvalue weighted by molar-refractivity contribution is -0.105. The minimum atomic E-state index is -0.784. The Bertz CT molecular complexity index is 1680. The van der Waals surface area contributed by atoms with Gasteiger partial charge in [0.2, 0.25) is 6.41 Å². The number of aryl methyl sites for hydroxylation is 1. The van der Waals surface area contributed by atoms with Crippen LogP contribution < -0.4 is 10.6 Å². The SMILES string of the molecule is C=C(Nc1ccc(F)cc1)c1cc(F)c(C)c(-c2nc(C)nc(NC=O)c2/C=C\c2c(F)cccc2F)c1.CC.CC.CC.CCCCN(CC)CC. The molecular formula is C43H59F4N5O. The molecule has 2 N–H and O–H groups in total. The standard InChI is InChI=1S/C29H22F4N4O.C8H19N.3C2H6/c1-16-24(13-19(14-27(16)33)17(2)35-21-9-7-20(30)8-10-21)28-23(29(34-15-38)37-18(3)36-28)12-11-22-25(31)5-4-6-26(22)32;1-4-7-8-9(5-2)6-3;3*1-2/h4-15,35H,2H2,1,3H3,(H,34,36,37,38);4-8H2,1-3H3;3*1-2H3/b12-11-;;;;. The first-order valence-corrected chi connectivity index (χ1v) is 18.5. The van der Waals surface area contributed by atoms with Crippen LogP contribution in [0.25, 0.3) is 29.1 Å². The van der Waals surface area contributed by atoms with Crippen LogP contribution in [0.5, 0.6) is 0 Å². The third-order valence-electron chi connectivity index (χ3n) is 7.48. The smallest absolute Gasteiger partial charge is 0.212 e. The molecule has 0 bridgehead atoms. The van der Waals surface area contributed by atoms with Crippen LogP contribution in [0, 0.1) is 37.1 Å². The van der Waals surface area contributed by atoms with Crippen molar-refractivity contribution in [1.29, 1.82) is 0 Å². The van der Waals surface area contributed by atoms with Crippen LogP contribution in [-0.2, 0) is 4.79 Å². The molecule has 0 spiro atoms. The summed E-state index contributed by atoms with van der Waals surface area (Å²) < 4.78 is 57.0. The highest BCUT2D eigenvalue weighted by molar-refractivity contribution is 5.89. The van der Waals surface area contributed by atoms with E-state index in [0.29, 0.717) is 28.9 Å². The van der Waals surface area contributed by atoms with Crippen molar-refractivity contribution in [1.82, 2.24) is 14.9 Å². The Hall–Kier alpha value is -4.83. The molecule has 53 heavy (non-hydrogen) atoms. The van der Waals surface area contributed by atoms with E-state index >= 15 is 4.39 Å². The fraction of sp³-hybridized carbons (Fsp3) is 0.372. The van der Waals surface area contributed by atoms with E-state index in [1.54, 1.807) is 19.9 Å². The van der Waals surface area contributed by atoms with Gasteiger partial charge in [-0.1, -0.05) is 81.4 Å². The quantitative estimate of drug-likeness (QED) is 0.106. The molecule has 0 unspecified atom stereocenters. The number of aromatic nitrogens is 2. The molecule has 290 valence electrons. The lowest BCUT2D eigenvalue weighted by Crippen LogP contribution is -2.23. The maximum absolute atomic E-state index is 15.2. The second-order valence-corrected chi connectivity index (χ2v) is 10.7. The van der Waals surface area contributed by atoms with Gasteiger partial charge in [0.15, 0.2) is 0 Å². The average molecular weight is 738 g/mol. The highest BCUT2D eigenvalue weighted by Gasteiger charge is 2.19. The first-order chi connectivity index (χ1) is 25.5. The van der Waals surface area contributed by atoms with E-state index in [1.807, 2.05) is 41.5 Å². The predicted octanol–water partition coefficient (Wildman–Crippen LogP) is 12.3. The Labute approximate surface area is 315 Å². The van der Waals surface area contributed by atoms with E-state index < -0.39 is 23.3 Å². The third kappa shape index (κ3) is 15.4. The third-order valence-corrected chi connectivity index (χ3v) is 7.48. The largest absolute Gasteiger partial charge is 0.356 e. The number of nitrogens with one attached hydrogen (secondary N) is 2. The molecule has 3 aromatic carbocycles. The van der Waals surface area contributed by atoms with Crippen LogP contribution in [0.3, 0.4) is 0 Å². The Morgan fingerprint density at radius 1 is 0.792 bits per heavy atom. The Kier molecular flexibility index (Phi) is 24.4. The van der Waals surface area contributed by atoms with Gasteiger partial charge >= 0.3 is 0 Å². The molecule has 0 radical (unpaired) electrons. The lowest BCUT2D eigenvalue weighted by atomic mass is 9.96. The van der Waals surface area contributed by atoms with Crippen molar-refractivity contribution in [2.24, 2.45) is 0 Å². The first kappa shape index (κ1) is 48.2. The molecule has 4 rings (SSSR count). The van der Waals surface area contributed by atoms with Crippen molar-refractivity contribution in [2.45, 2.75) is 89.0 Å². The molecule has 1 heterocycles. The van der Waals surface area contributed by atoms with Gasteiger partial charge in [-0.2, -0.15) is 0 Å². The number of unbranched alkanes of at least 4 members (excludes halogenated alkanes) is 1. The van der Waals surface area contributed by atoms with Crippen LogP contribution in [0.4, 0.5) is 29.1 Å². The summed E-state index contributed by atoms with van der Waals surface area (Å²) in [6.45, 7) is 29.5. The maximum atomic E-state index is 15.2. The van der Waals surface area contributed by atoms with E-state index in [9.17, 15) is 18.0 Å². The lowest BCUT2D eigenvalue weighted by Gasteiger charge is -2.17. The molecular weight excluding hydrogens is 678 g/mol. The molecule has 0 aliphatic rings. The Morgan fingerprint density at radius 2 is 1.36 bits per heavy atom. The average Bonchev–Trinajstić information content (AvgIpc) is 3.17. The molecule has 0 saturated heterocycles. The van der Waals surface area contributed by atoms with Gasteiger partial charge in [-0.25, -0.2) is 27.5 Å². The van der Waals surface area contributed by atoms with Crippen molar-refractivity contribution in [3.05, 3.63) is 113 Å². The summed E-state index contributed by atoms with van der Waals surface area (Å²) in [5.74, 6) is -2.19. The molecule has 1 amide bonds. The van der Waals surface area contributed by atoms with Gasteiger partial charge in [0.1, 0.15) is 34.9 Å². The van der Waals surface area contributed by atoms with E-state index in [2.05, 4.69) is 52.9 Å². The number of nitrogens with zero attached hydrogens (tertiary/aromatic N) is 3. The van der Waals surface area contributed by atoms with Crippen LogP contribution in [0.2, 0.25) is 0 Å².